The van der Waals surface area contributed by atoms with Crippen LogP contribution in [0.2, 0.25) is 0 Å². The van der Waals surface area contributed by atoms with Crippen molar-refractivity contribution in [2.75, 3.05) is 0 Å². The number of carbonyl (C=O) groups is 1. The van der Waals surface area contributed by atoms with Crippen molar-refractivity contribution in [2.45, 2.75) is 0 Å². The first kappa shape index (κ1) is 10.8. The number of phenols is 1. The molecule has 0 fully saturated rings. The highest BCUT2D eigenvalue weighted by molar-refractivity contribution is 9.10. The Hall–Kier alpha value is -1.75. The SMILES string of the molecule is O=C(c1cncnc1)c1cc(Br)ccc1O. The number of benzene rings is 1. The van der Waals surface area contributed by atoms with Gasteiger partial charge in [-0.05, 0) is 18.2 Å². The van der Waals surface area contributed by atoms with Gasteiger partial charge in [-0.1, -0.05) is 15.9 Å². The van der Waals surface area contributed by atoms with Crippen molar-refractivity contribution in [2.24, 2.45) is 0 Å². The number of aromatic nitrogens is 2. The summed E-state index contributed by atoms with van der Waals surface area (Å²) in [6, 6.07) is 4.68. The van der Waals surface area contributed by atoms with Gasteiger partial charge in [0.25, 0.3) is 0 Å². The van der Waals surface area contributed by atoms with E-state index in [1.807, 2.05) is 0 Å². The standard InChI is InChI=1S/C11H7BrN2O2/c12-8-1-2-10(15)9(3-8)11(16)7-4-13-6-14-5-7/h1-6,15H. The largest absolute Gasteiger partial charge is 0.507 e. The molecule has 1 aromatic carbocycles. The molecular weight excluding hydrogens is 272 g/mol. The molecule has 0 radical (unpaired) electrons. The van der Waals surface area contributed by atoms with Crippen LogP contribution in [0.5, 0.6) is 5.75 Å². The van der Waals surface area contributed by atoms with E-state index in [2.05, 4.69) is 25.9 Å². The van der Waals surface area contributed by atoms with E-state index < -0.39 is 0 Å². The molecule has 0 saturated heterocycles. The number of hydrogen-bond acceptors (Lipinski definition) is 4. The predicted octanol–water partition coefficient (Wildman–Crippen LogP) is 2.18. The fourth-order valence-electron chi connectivity index (χ4n) is 1.26. The Morgan fingerprint density at radius 1 is 1.25 bits per heavy atom. The van der Waals surface area contributed by atoms with Gasteiger partial charge in [-0.25, -0.2) is 9.97 Å². The van der Waals surface area contributed by atoms with Crippen LogP contribution < -0.4 is 0 Å². The van der Waals surface area contributed by atoms with E-state index in [0.717, 1.165) is 4.47 Å². The zero-order valence-corrected chi connectivity index (χ0v) is 9.68. The first-order valence-corrected chi connectivity index (χ1v) is 5.26. The van der Waals surface area contributed by atoms with Crippen molar-refractivity contribution in [3.05, 3.63) is 52.5 Å². The Labute approximate surface area is 100 Å². The normalized spacial score (nSPS) is 10.1. The van der Waals surface area contributed by atoms with E-state index in [1.165, 1.54) is 24.8 Å². The molecule has 0 spiro atoms. The predicted molar refractivity (Wildman–Crippen MR) is 61.3 cm³/mol. The topological polar surface area (TPSA) is 63.1 Å². The second kappa shape index (κ2) is 4.40. The monoisotopic (exact) mass is 278 g/mol. The van der Waals surface area contributed by atoms with Gasteiger partial charge >= 0.3 is 0 Å². The molecule has 0 atom stereocenters. The van der Waals surface area contributed by atoms with Gasteiger partial charge in [-0.3, -0.25) is 4.79 Å². The first-order valence-electron chi connectivity index (χ1n) is 4.46. The summed E-state index contributed by atoms with van der Waals surface area (Å²) in [5.74, 6) is -0.364. The average molecular weight is 279 g/mol. The molecule has 5 heteroatoms. The number of halogens is 1. The van der Waals surface area contributed by atoms with Gasteiger partial charge in [-0.2, -0.15) is 0 Å². The maximum Gasteiger partial charge on any atom is 0.199 e. The second-order valence-electron chi connectivity index (χ2n) is 3.12. The van der Waals surface area contributed by atoms with Crippen LogP contribution in [-0.4, -0.2) is 20.9 Å². The Bertz CT molecular complexity index is 529. The number of nitrogens with zero attached hydrogens (tertiary/aromatic N) is 2. The van der Waals surface area contributed by atoms with Crippen molar-refractivity contribution >= 4 is 21.7 Å². The second-order valence-corrected chi connectivity index (χ2v) is 4.03. The van der Waals surface area contributed by atoms with Gasteiger partial charge in [0.05, 0.1) is 11.1 Å². The third-order valence-electron chi connectivity index (χ3n) is 2.03. The minimum atomic E-state index is -0.306. The molecule has 4 nitrogen and oxygen atoms in total. The van der Waals surface area contributed by atoms with Crippen molar-refractivity contribution in [1.82, 2.24) is 9.97 Å². The average Bonchev–Trinajstić information content (AvgIpc) is 2.32. The maximum absolute atomic E-state index is 12.0. The summed E-state index contributed by atoms with van der Waals surface area (Å²) in [5.41, 5.74) is 0.570. The van der Waals surface area contributed by atoms with Crippen molar-refractivity contribution in [3.8, 4) is 5.75 Å². The van der Waals surface area contributed by atoms with Gasteiger partial charge in [0.2, 0.25) is 0 Å². The van der Waals surface area contributed by atoms with Gasteiger partial charge in [-0.15, -0.1) is 0 Å². The van der Waals surface area contributed by atoms with Gasteiger partial charge in [0.1, 0.15) is 12.1 Å². The van der Waals surface area contributed by atoms with Crippen LogP contribution in [0.3, 0.4) is 0 Å². The Morgan fingerprint density at radius 2 is 1.94 bits per heavy atom. The molecule has 2 aromatic rings. The number of rotatable bonds is 2. The number of aromatic hydroxyl groups is 1. The van der Waals surface area contributed by atoms with E-state index in [9.17, 15) is 9.90 Å². The molecule has 1 heterocycles. The molecule has 1 aromatic heterocycles. The van der Waals surface area contributed by atoms with Crippen LogP contribution in [0, 0.1) is 0 Å². The molecule has 0 aliphatic heterocycles. The molecule has 0 bridgehead atoms. The number of phenolic OH excluding ortho intramolecular Hbond substituents is 1. The molecule has 0 saturated carbocycles. The van der Waals surface area contributed by atoms with Crippen LogP contribution in [0.1, 0.15) is 15.9 Å². The summed E-state index contributed by atoms with van der Waals surface area (Å²) in [5, 5.41) is 9.58. The summed E-state index contributed by atoms with van der Waals surface area (Å²) in [6.45, 7) is 0. The lowest BCUT2D eigenvalue weighted by atomic mass is 10.1. The molecule has 0 unspecified atom stereocenters. The number of ketones is 1. The quantitative estimate of drug-likeness (QED) is 0.856. The fraction of sp³-hybridized carbons (Fsp3) is 0. The van der Waals surface area contributed by atoms with E-state index in [-0.39, 0.29) is 17.1 Å². The van der Waals surface area contributed by atoms with Crippen LogP contribution >= 0.6 is 15.9 Å². The van der Waals surface area contributed by atoms with Crippen molar-refractivity contribution in [3.63, 3.8) is 0 Å². The highest BCUT2D eigenvalue weighted by Crippen LogP contribution is 2.23. The lowest BCUT2D eigenvalue weighted by Gasteiger charge is -2.03. The maximum atomic E-state index is 12.0. The highest BCUT2D eigenvalue weighted by Gasteiger charge is 2.14. The molecule has 16 heavy (non-hydrogen) atoms. The lowest BCUT2D eigenvalue weighted by molar-refractivity contribution is 0.103. The Morgan fingerprint density at radius 3 is 2.62 bits per heavy atom. The summed E-state index contributed by atoms with van der Waals surface area (Å²) < 4.78 is 0.727. The van der Waals surface area contributed by atoms with E-state index in [0.29, 0.717) is 5.56 Å². The lowest BCUT2D eigenvalue weighted by Crippen LogP contribution is -2.02. The van der Waals surface area contributed by atoms with E-state index in [1.54, 1.807) is 12.1 Å². The summed E-state index contributed by atoms with van der Waals surface area (Å²) >= 11 is 3.24. The molecule has 1 N–H and O–H groups in total. The fourth-order valence-corrected chi connectivity index (χ4v) is 1.62. The van der Waals surface area contributed by atoms with E-state index >= 15 is 0 Å². The van der Waals surface area contributed by atoms with Crippen LogP contribution in [0.25, 0.3) is 0 Å². The van der Waals surface area contributed by atoms with Crippen LogP contribution in [0.15, 0.2) is 41.4 Å². The summed E-state index contributed by atoms with van der Waals surface area (Å²) in [4.78, 5) is 19.5. The minimum absolute atomic E-state index is 0.0583. The smallest absolute Gasteiger partial charge is 0.199 e. The van der Waals surface area contributed by atoms with Gasteiger partial charge in [0, 0.05) is 16.9 Å². The Kier molecular flexibility index (Phi) is 2.96. The third-order valence-corrected chi connectivity index (χ3v) is 2.52. The Balaban J connectivity index is 2.46. The zero-order valence-electron chi connectivity index (χ0n) is 8.09. The van der Waals surface area contributed by atoms with Crippen molar-refractivity contribution in [1.29, 1.82) is 0 Å². The molecule has 80 valence electrons. The van der Waals surface area contributed by atoms with Crippen LogP contribution in [0.4, 0.5) is 0 Å². The third kappa shape index (κ3) is 2.09. The van der Waals surface area contributed by atoms with Crippen molar-refractivity contribution < 1.29 is 9.90 Å². The molecule has 0 amide bonds. The molecular formula is C11H7BrN2O2. The van der Waals surface area contributed by atoms with Gasteiger partial charge in [0.15, 0.2) is 5.78 Å². The summed E-state index contributed by atoms with van der Waals surface area (Å²) in [7, 11) is 0. The highest BCUT2D eigenvalue weighted by atomic mass is 79.9. The van der Waals surface area contributed by atoms with Crippen LogP contribution in [-0.2, 0) is 0 Å². The number of carbonyl (C=O) groups excluding carboxylic acids is 1. The van der Waals surface area contributed by atoms with E-state index in [4.69, 9.17) is 0 Å². The first-order chi connectivity index (χ1) is 7.68. The molecule has 0 aliphatic carbocycles. The van der Waals surface area contributed by atoms with Gasteiger partial charge < -0.3 is 5.11 Å². The molecule has 2 rings (SSSR count). The zero-order chi connectivity index (χ0) is 11.5. The number of hydrogen-bond donors (Lipinski definition) is 1. The molecule has 0 aliphatic rings. The minimum Gasteiger partial charge on any atom is -0.507 e. The summed E-state index contributed by atoms with van der Waals surface area (Å²) in [6.07, 6.45) is 4.17.